The maximum Gasteiger partial charge on any atom is 0.337 e. The summed E-state index contributed by atoms with van der Waals surface area (Å²) in [6.45, 7) is 5.44. The molecule has 2 rings (SSSR count). The normalized spacial score (nSPS) is 10.9. The Labute approximate surface area is 125 Å². The Morgan fingerprint density at radius 2 is 2.00 bits per heavy atom. The van der Waals surface area contributed by atoms with Gasteiger partial charge in [-0.15, -0.1) is 0 Å². The highest BCUT2D eigenvalue weighted by Crippen LogP contribution is 2.15. The molecule has 0 aliphatic carbocycles. The molecule has 1 aromatic carbocycles. The molecule has 21 heavy (non-hydrogen) atoms. The Hall–Kier alpha value is -2.20. The number of nitrogens with zero attached hydrogens (tertiary/aromatic N) is 2. The third-order valence-electron chi connectivity index (χ3n) is 3.49. The van der Waals surface area contributed by atoms with E-state index in [1.807, 2.05) is 7.05 Å². The number of hydrogen-bond acceptors (Lipinski definition) is 3. The maximum absolute atomic E-state index is 11.2. The summed E-state index contributed by atoms with van der Waals surface area (Å²) in [4.78, 5) is 17.5. The van der Waals surface area contributed by atoms with Crippen LogP contribution in [0.25, 0.3) is 0 Å². The zero-order valence-corrected chi connectivity index (χ0v) is 12.6. The van der Waals surface area contributed by atoms with Crippen molar-refractivity contribution in [1.29, 1.82) is 0 Å². The summed E-state index contributed by atoms with van der Waals surface area (Å²) in [6.07, 6.45) is 1.63. The summed E-state index contributed by atoms with van der Waals surface area (Å²) in [6, 6.07) is 9.62. The van der Waals surface area contributed by atoms with Crippen molar-refractivity contribution in [3.05, 3.63) is 64.5 Å². The second-order valence-electron chi connectivity index (χ2n) is 5.41. The molecule has 4 heteroatoms. The predicted molar refractivity (Wildman–Crippen MR) is 82.3 cm³/mol. The van der Waals surface area contributed by atoms with Crippen LogP contribution < -0.4 is 0 Å². The molecule has 0 radical (unpaired) electrons. The molecule has 110 valence electrons. The first-order valence-electron chi connectivity index (χ1n) is 6.89. The third kappa shape index (κ3) is 3.89. The lowest BCUT2D eigenvalue weighted by atomic mass is 10.1. The fraction of sp³-hybridized carbons (Fsp3) is 0.294. The van der Waals surface area contributed by atoms with Crippen molar-refractivity contribution in [3.63, 3.8) is 0 Å². The molecule has 1 aromatic heterocycles. The first-order valence-corrected chi connectivity index (χ1v) is 6.89. The van der Waals surface area contributed by atoms with Gasteiger partial charge in [-0.25, -0.2) is 4.79 Å². The zero-order valence-electron chi connectivity index (χ0n) is 12.6. The van der Waals surface area contributed by atoms with E-state index in [0.29, 0.717) is 12.2 Å². The monoisotopic (exact) mass is 284 g/mol. The van der Waals surface area contributed by atoms with Crippen molar-refractivity contribution in [3.8, 4) is 0 Å². The van der Waals surface area contributed by atoms with Gasteiger partial charge < -0.3 is 5.11 Å². The Bertz CT molecular complexity index is 653. The number of carbonyl (C=O) groups is 1. The molecule has 0 spiro atoms. The zero-order chi connectivity index (χ0) is 15.4. The molecule has 2 aromatic rings. The number of pyridine rings is 1. The minimum Gasteiger partial charge on any atom is -0.478 e. The summed E-state index contributed by atoms with van der Waals surface area (Å²) < 4.78 is 0. The molecule has 0 aliphatic rings. The number of carboxylic acids is 1. The van der Waals surface area contributed by atoms with E-state index in [1.54, 1.807) is 18.3 Å². The molecule has 0 fully saturated rings. The van der Waals surface area contributed by atoms with Gasteiger partial charge in [0.15, 0.2) is 0 Å². The maximum atomic E-state index is 11.2. The number of aromatic carboxylic acids is 1. The summed E-state index contributed by atoms with van der Waals surface area (Å²) in [7, 11) is 1.97. The van der Waals surface area contributed by atoms with Crippen LogP contribution in [0.1, 0.15) is 32.7 Å². The van der Waals surface area contributed by atoms with Gasteiger partial charge in [-0.2, -0.15) is 0 Å². The molecule has 0 aliphatic heterocycles. The lowest BCUT2D eigenvalue weighted by Gasteiger charge is -2.19. The fourth-order valence-corrected chi connectivity index (χ4v) is 2.33. The topological polar surface area (TPSA) is 53.4 Å². The van der Waals surface area contributed by atoms with E-state index in [9.17, 15) is 9.90 Å². The lowest BCUT2D eigenvalue weighted by molar-refractivity contribution is 0.0694. The van der Waals surface area contributed by atoms with Gasteiger partial charge in [-0.3, -0.25) is 9.88 Å². The Morgan fingerprint density at radius 1 is 1.24 bits per heavy atom. The van der Waals surface area contributed by atoms with Crippen molar-refractivity contribution in [2.45, 2.75) is 26.9 Å². The number of carboxylic acid groups (broad SMARTS) is 1. The predicted octanol–water partition coefficient (Wildman–Crippen LogP) is 3.03. The summed E-state index contributed by atoms with van der Waals surface area (Å²) in [5, 5.41) is 9.19. The van der Waals surface area contributed by atoms with Crippen LogP contribution in [0.5, 0.6) is 0 Å². The second-order valence-corrected chi connectivity index (χ2v) is 5.41. The van der Waals surface area contributed by atoms with Crippen LogP contribution in [-0.4, -0.2) is 28.0 Å². The van der Waals surface area contributed by atoms with E-state index in [4.69, 9.17) is 0 Å². The van der Waals surface area contributed by atoms with Crippen LogP contribution in [0.2, 0.25) is 0 Å². The highest BCUT2D eigenvalue weighted by Gasteiger charge is 2.13. The van der Waals surface area contributed by atoms with E-state index >= 15 is 0 Å². The molecule has 0 saturated carbocycles. The van der Waals surface area contributed by atoms with Gasteiger partial charge in [0.2, 0.25) is 0 Å². The van der Waals surface area contributed by atoms with Gasteiger partial charge in [0.1, 0.15) is 0 Å². The molecule has 1 heterocycles. The van der Waals surface area contributed by atoms with Crippen molar-refractivity contribution in [2.24, 2.45) is 0 Å². The van der Waals surface area contributed by atoms with Crippen LogP contribution in [0.4, 0.5) is 0 Å². The first-order chi connectivity index (χ1) is 9.97. The molecule has 0 amide bonds. The number of aryl methyl sites for hydroxylation is 2. The van der Waals surface area contributed by atoms with Crippen LogP contribution >= 0.6 is 0 Å². The van der Waals surface area contributed by atoms with E-state index < -0.39 is 5.97 Å². The molecular formula is C17H20N2O2. The molecule has 4 nitrogen and oxygen atoms in total. The number of benzene rings is 1. The minimum atomic E-state index is -0.932. The third-order valence-corrected chi connectivity index (χ3v) is 3.49. The SMILES string of the molecule is Cc1ccc(C)c(CN(C)Cc2ncccc2C(=O)O)c1. The number of hydrogen-bond donors (Lipinski definition) is 1. The van der Waals surface area contributed by atoms with Gasteiger partial charge in [-0.05, 0) is 44.2 Å². The quantitative estimate of drug-likeness (QED) is 0.917. The largest absolute Gasteiger partial charge is 0.478 e. The van der Waals surface area contributed by atoms with E-state index in [0.717, 1.165) is 6.54 Å². The van der Waals surface area contributed by atoms with E-state index in [2.05, 4.69) is 41.9 Å². The van der Waals surface area contributed by atoms with Crippen LogP contribution in [0.3, 0.4) is 0 Å². The molecule has 0 bridgehead atoms. The van der Waals surface area contributed by atoms with Crippen molar-refractivity contribution >= 4 is 5.97 Å². The average Bonchev–Trinajstić information content (AvgIpc) is 2.43. The van der Waals surface area contributed by atoms with Crippen LogP contribution in [-0.2, 0) is 13.1 Å². The highest BCUT2D eigenvalue weighted by molar-refractivity contribution is 5.88. The summed E-state index contributed by atoms with van der Waals surface area (Å²) in [5.74, 6) is -0.932. The van der Waals surface area contributed by atoms with E-state index in [1.165, 1.54) is 16.7 Å². The average molecular weight is 284 g/mol. The lowest BCUT2D eigenvalue weighted by Crippen LogP contribution is -2.20. The molecule has 0 atom stereocenters. The van der Waals surface area contributed by atoms with Crippen molar-refractivity contribution in [1.82, 2.24) is 9.88 Å². The molecular weight excluding hydrogens is 264 g/mol. The van der Waals surface area contributed by atoms with Gasteiger partial charge in [0.05, 0.1) is 11.3 Å². The Morgan fingerprint density at radius 3 is 2.71 bits per heavy atom. The number of aromatic nitrogens is 1. The molecule has 1 N–H and O–H groups in total. The van der Waals surface area contributed by atoms with E-state index in [-0.39, 0.29) is 5.56 Å². The highest BCUT2D eigenvalue weighted by atomic mass is 16.4. The summed E-state index contributed by atoms with van der Waals surface area (Å²) >= 11 is 0. The Kier molecular flexibility index (Phi) is 4.70. The Balaban J connectivity index is 2.14. The first kappa shape index (κ1) is 15.2. The second kappa shape index (κ2) is 6.50. The smallest absolute Gasteiger partial charge is 0.337 e. The van der Waals surface area contributed by atoms with Gasteiger partial charge in [0, 0.05) is 19.3 Å². The standard InChI is InChI=1S/C17H20N2O2/c1-12-6-7-13(2)14(9-12)10-19(3)11-16-15(17(20)21)5-4-8-18-16/h4-9H,10-11H2,1-3H3,(H,20,21). The minimum absolute atomic E-state index is 0.269. The molecule has 0 unspecified atom stereocenters. The number of rotatable bonds is 5. The van der Waals surface area contributed by atoms with Crippen molar-refractivity contribution in [2.75, 3.05) is 7.05 Å². The van der Waals surface area contributed by atoms with Gasteiger partial charge >= 0.3 is 5.97 Å². The van der Waals surface area contributed by atoms with Gasteiger partial charge in [-0.1, -0.05) is 23.8 Å². The summed E-state index contributed by atoms with van der Waals surface area (Å²) in [5.41, 5.74) is 4.59. The van der Waals surface area contributed by atoms with Crippen LogP contribution in [0, 0.1) is 13.8 Å². The molecule has 0 saturated heterocycles. The van der Waals surface area contributed by atoms with Gasteiger partial charge in [0.25, 0.3) is 0 Å². The van der Waals surface area contributed by atoms with Crippen LogP contribution in [0.15, 0.2) is 36.5 Å². The van der Waals surface area contributed by atoms with Crippen molar-refractivity contribution < 1.29 is 9.90 Å². The fourth-order valence-electron chi connectivity index (χ4n) is 2.33.